The van der Waals surface area contributed by atoms with Crippen molar-refractivity contribution in [1.82, 2.24) is 0 Å². The van der Waals surface area contributed by atoms with Gasteiger partial charge in [0.25, 0.3) is 0 Å². The number of carbonyl (C=O) groups is 4. The smallest absolute Gasteiger partial charge is 0.550 e. The molecule has 0 bridgehead atoms. The molecule has 0 aromatic heterocycles. The molecule has 0 amide bonds. The van der Waals surface area contributed by atoms with Crippen LogP contribution in [0.5, 0.6) is 0 Å². The van der Waals surface area contributed by atoms with Gasteiger partial charge in [-0.3, -0.25) is 0 Å². The average Bonchev–Trinajstić information content (AvgIpc) is 3.27. The summed E-state index contributed by atoms with van der Waals surface area (Å²) in [5, 5.41) is 37.0. The number of carbonyl (C=O) groups excluding carboxylic acids is 4. The van der Waals surface area contributed by atoms with Crippen LogP contribution in [-0.2, 0) is 58.1 Å². The van der Waals surface area contributed by atoms with Crippen LogP contribution in [-0.4, -0.2) is 57.8 Å². The second-order valence-electron chi connectivity index (χ2n) is 17.9. The summed E-state index contributed by atoms with van der Waals surface area (Å²) < 4.78 is 0. The third-order valence-corrected chi connectivity index (χ3v) is 22.7. The Bertz CT molecular complexity index is 853. The molecule has 0 saturated heterocycles. The molecular weight excluding hydrogens is 972 g/mol. The summed E-state index contributed by atoms with van der Waals surface area (Å²) in [5.74, 6) is -3.98. The molecular formula is C48H88O8P2Rh2+2. The van der Waals surface area contributed by atoms with Crippen LogP contribution in [0.4, 0.5) is 0 Å². The molecule has 6 fully saturated rings. The van der Waals surface area contributed by atoms with E-state index in [9.17, 15) is 39.6 Å². The summed E-state index contributed by atoms with van der Waals surface area (Å²) in [7, 11) is -0.0930. The van der Waals surface area contributed by atoms with Crippen LogP contribution in [0, 0.1) is 0 Å². The molecule has 0 spiro atoms. The van der Waals surface area contributed by atoms with Gasteiger partial charge in [-0.2, -0.15) is 0 Å². The number of rotatable bonds is 10. The van der Waals surface area contributed by atoms with E-state index in [-0.39, 0.29) is 80.5 Å². The molecule has 12 heteroatoms. The van der Waals surface area contributed by atoms with Gasteiger partial charge in [-0.05, 0) is 180 Å². The quantitative estimate of drug-likeness (QED) is 0.155. The zero-order valence-electron chi connectivity index (χ0n) is 38.4. The Hall–Kier alpha value is -0.0132. The normalized spacial score (nSPS) is 20.8. The third kappa shape index (κ3) is 29.4. The van der Waals surface area contributed by atoms with Gasteiger partial charge < -0.3 is 39.6 Å². The van der Waals surface area contributed by atoms with Gasteiger partial charge in [0.1, 0.15) is 0 Å². The maximum atomic E-state index is 9.26. The van der Waals surface area contributed by atoms with E-state index in [0.717, 1.165) is 0 Å². The predicted molar refractivity (Wildman–Crippen MR) is 239 cm³/mol. The molecule has 6 aliphatic rings. The minimum atomic E-state index is -0.995. The van der Waals surface area contributed by atoms with E-state index in [2.05, 4.69) is 0 Å². The molecule has 0 aromatic carbocycles. The van der Waals surface area contributed by atoms with Gasteiger partial charge in [0.05, 0.1) is 34.0 Å². The van der Waals surface area contributed by atoms with Crippen molar-refractivity contribution in [2.24, 2.45) is 0 Å². The number of hydrogen-bond acceptors (Lipinski definition) is 8. The SMILES string of the molecule is C1CCC([PH+](C2CCCCC2)C2CCCCC2)CC1.C1CCC([PH+](C2CCCCC2)C2CCCCC2)CC1.CCC(=O)[O-].CCC(=O)[O-].CCC(=O)[O-].CCC(=O)[O-].[Rh+2].[Rh+2]. The van der Waals surface area contributed by atoms with Gasteiger partial charge in [0, 0.05) is 39.7 Å². The molecule has 0 heterocycles. The number of aliphatic carboxylic acids is 4. The Kier molecular flexibility index (Phi) is 41.9. The molecule has 0 N–H and O–H groups in total. The first-order valence-electron chi connectivity index (χ1n) is 24.5. The molecule has 60 heavy (non-hydrogen) atoms. The second kappa shape index (κ2) is 40.5. The first-order valence-corrected chi connectivity index (χ1v) is 28.0. The van der Waals surface area contributed by atoms with Gasteiger partial charge >= 0.3 is 39.0 Å². The van der Waals surface area contributed by atoms with Crippen molar-refractivity contribution in [3.05, 3.63) is 0 Å². The monoisotopic (exact) mass is 1060 g/mol. The Balaban J connectivity index is 0. The van der Waals surface area contributed by atoms with Crippen molar-refractivity contribution in [3.63, 3.8) is 0 Å². The van der Waals surface area contributed by atoms with Crippen LogP contribution in [0.15, 0.2) is 0 Å². The second-order valence-corrected chi connectivity index (χ2v) is 24.8. The van der Waals surface area contributed by atoms with Crippen molar-refractivity contribution in [3.8, 4) is 0 Å². The minimum Gasteiger partial charge on any atom is -0.550 e. The third-order valence-electron chi connectivity index (χ3n) is 13.6. The number of carboxylic acid groups (broad SMARTS) is 4. The molecule has 2 radical (unpaired) electrons. The molecule has 6 aliphatic carbocycles. The number of hydrogen-bond donors (Lipinski definition) is 0. The maximum absolute atomic E-state index is 9.26. The molecule has 0 unspecified atom stereocenters. The van der Waals surface area contributed by atoms with Crippen LogP contribution >= 0.6 is 15.8 Å². The van der Waals surface area contributed by atoms with Gasteiger partial charge in [0.2, 0.25) is 0 Å². The van der Waals surface area contributed by atoms with Crippen LogP contribution in [0.25, 0.3) is 0 Å². The van der Waals surface area contributed by atoms with Crippen LogP contribution in [0.1, 0.15) is 246 Å². The van der Waals surface area contributed by atoms with Crippen molar-refractivity contribution < 1.29 is 78.6 Å². The first-order chi connectivity index (χ1) is 28.0. The maximum Gasteiger partial charge on any atom is 2.00 e. The molecule has 6 saturated carbocycles. The van der Waals surface area contributed by atoms with E-state index in [1.807, 2.05) is 0 Å². The molecule has 0 aliphatic heterocycles. The van der Waals surface area contributed by atoms with E-state index in [1.54, 1.807) is 193 Å². The van der Waals surface area contributed by atoms with Crippen molar-refractivity contribution in [2.75, 3.05) is 0 Å². The van der Waals surface area contributed by atoms with Crippen LogP contribution < -0.4 is 20.4 Å². The summed E-state index contributed by atoms with van der Waals surface area (Å²) in [6, 6.07) is 0. The summed E-state index contributed by atoms with van der Waals surface area (Å²) in [4.78, 5) is 37.0. The Labute approximate surface area is 395 Å². The Morgan fingerprint density at radius 3 is 0.483 bits per heavy atom. The van der Waals surface area contributed by atoms with E-state index < -0.39 is 23.9 Å². The van der Waals surface area contributed by atoms with E-state index in [0.29, 0.717) is 0 Å². The van der Waals surface area contributed by atoms with Gasteiger partial charge in [0.15, 0.2) is 0 Å². The van der Waals surface area contributed by atoms with Crippen LogP contribution in [0.2, 0.25) is 0 Å². The Morgan fingerprint density at radius 1 is 0.300 bits per heavy atom. The van der Waals surface area contributed by atoms with Crippen molar-refractivity contribution >= 4 is 39.7 Å². The van der Waals surface area contributed by atoms with Gasteiger partial charge in [-0.25, -0.2) is 0 Å². The summed E-state index contributed by atoms with van der Waals surface area (Å²) in [5.41, 5.74) is 7.36. The van der Waals surface area contributed by atoms with Crippen LogP contribution in [0.3, 0.4) is 0 Å². The first kappa shape index (κ1) is 62.1. The number of carboxylic acids is 4. The van der Waals surface area contributed by atoms with E-state index in [1.165, 1.54) is 61.6 Å². The Morgan fingerprint density at radius 2 is 0.400 bits per heavy atom. The van der Waals surface area contributed by atoms with Gasteiger partial charge in [-0.15, -0.1) is 0 Å². The van der Waals surface area contributed by atoms with Crippen molar-refractivity contribution in [1.29, 1.82) is 0 Å². The molecule has 0 aromatic rings. The topological polar surface area (TPSA) is 161 Å². The molecule has 0 atom stereocenters. The fraction of sp³-hybridized carbons (Fsp3) is 0.917. The molecule has 8 nitrogen and oxygen atoms in total. The largest absolute Gasteiger partial charge is 2.00 e. The average molecular weight is 1060 g/mol. The summed E-state index contributed by atoms with van der Waals surface area (Å²) in [6.45, 7) is 6.15. The van der Waals surface area contributed by atoms with E-state index in [4.69, 9.17) is 0 Å². The van der Waals surface area contributed by atoms with E-state index >= 15 is 0 Å². The van der Waals surface area contributed by atoms with Crippen molar-refractivity contribution in [2.45, 2.75) is 280 Å². The summed E-state index contributed by atoms with van der Waals surface area (Å²) >= 11 is 0. The summed E-state index contributed by atoms with van der Waals surface area (Å²) in [6.07, 6.45) is 48.0. The molecule has 6 rings (SSSR count). The fourth-order valence-electron chi connectivity index (χ4n) is 10.6. The fourth-order valence-corrected chi connectivity index (χ4v) is 21.1. The minimum absolute atomic E-state index is 0. The standard InChI is InChI=1S/2C18H33P.4C3H6O2.2Rh/c2*1-4-10-16(11-5-1)19(17-12-6-2-7-13-17)18-14-8-3-9-15-18;4*1-2-3(4)5;;/h2*16-18H,1-15H2;4*2H2,1H3,(H,4,5);;/q;;;;;;2*+2/p-2. The van der Waals surface area contributed by atoms with Gasteiger partial charge in [-0.1, -0.05) is 66.2 Å². The zero-order chi connectivity index (χ0) is 43.0. The predicted octanol–water partition coefficient (Wildman–Crippen LogP) is 8.98. The molecule has 354 valence electrons. The zero-order valence-corrected chi connectivity index (χ0v) is 43.7.